The maximum atomic E-state index is 14.1. The lowest BCUT2D eigenvalue weighted by Crippen LogP contribution is -2.41. The zero-order valence-corrected chi connectivity index (χ0v) is 21.5. The quantitative estimate of drug-likeness (QED) is 0.418. The number of aryl methyl sites for hydroxylation is 3. The van der Waals surface area contributed by atoms with E-state index < -0.39 is 0 Å². The van der Waals surface area contributed by atoms with Crippen LogP contribution in [0.1, 0.15) is 75.3 Å². The fraction of sp³-hybridized carbons (Fsp3) is 0.536. The van der Waals surface area contributed by atoms with E-state index >= 15 is 0 Å². The first-order valence-corrected chi connectivity index (χ1v) is 13.3. The molecule has 6 rings (SSSR count). The topological polar surface area (TPSA) is 69.2 Å². The van der Waals surface area contributed by atoms with Crippen molar-refractivity contribution in [3.05, 3.63) is 63.8 Å². The van der Waals surface area contributed by atoms with E-state index in [2.05, 4.69) is 40.9 Å². The second-order valence-corrected chi connectivity index (χ2v) is 11.1. The lowest BCUT2D eigenvalue weighted by atomic mass is 9.92. The minimum atomic E-state index is -0.287. The van der Waals surface area contributed by atoms with Gasteiger partial charge in [-0.2, -0.15) is 0 Å². The summed E-state index contributed by atoms with van der Waals surface area (Å²) in [5.74, 6) is 2.77. The molecule has 2 aliphatic heterocycles. The van der Waals surface area contributed by atoms with Crippen LogP contribution in [-0.2, 0) is 6.54 Å². The van der Waals surface area contributed by atoms with Gasteiger partial charge in [0.05, 0.1) is 11.0 Å². The number of nitrogens with one attached hydrogen (secondary N) is 1. The van der Waals surface area contributed by atoms with Gasteiger partial charge in [0.15, 0.2) is 0 Å². The average molecular weight is 491 g/mol. The van der Waals surface area contributed by atoms with Crippen molar-refractivity contribution in [2.75, 3.05) is 0 Å². The third kappa shape index (κ3) is 3.77. The molecule has 2 fully saturated rings. The Morgan fingerprint density at radius 1 is 1.06 bits per heavy atom. The number of benzene rings is 1. The molecular weight excluding hydrogens is 455 g/mol. The van der Waals surface area contributed by atoms with Gasteiger partial charge >= 0.3 is 0 Å². The van der Waals surface area contributed by atoms with Gasteiger partial charge in [-0.15, -0.1) is 10.2 Å². The lowest BCUT2D eigenvalue weighted by Gasteiger charge is -2.32. The van der Waals surface area contributed by atoms with Crippen molar-refractivity contribution in [3.63, 3.8) is 0 Å². The highest BCUT2D eigenvalue weighted by Gasteiger charge is 2.41. The number of hydrogen-bond acceptors (Lipinski definition) is 4. The zero-order chi connectivity index (χ0) is 25.1. The van der Waals surface area contributed by atoms with E-state index in [0.717, 1.165) is 54.1 Å². The monoisotopic (exact) mass is 490 g/mol. The highest BCUT2D eigenvalue weighted by molar-refractivity contribution is 5.79. The summed E-state index contributed by atoms with van der Waals surface area (Å²) in [6, 6.07) is 9.95. The SMILES string of the molecule is Cc1nnc(C(C)C)n1C1C[C@@H]2CC(CCCn3c(=O)c4ccc(C)n4c4cc(F)ccc43)[C@H](C1)N2. The van der Waals surface area contributed by atoms with Crippen LogP contribution >= 0.6 is 0 Å². The molecule has 3 aromatic heterocycles. The average Bonchev–Trinajstić information content (AvgIpc) is 3.51. The molecule has 2 bridgehead atoms. The molecular formula is C28H35FN6O. The van der Waals surface area contributed by atoms with Crippen molar-refractivity contribution in [1.82, 2.24) is 29.0 Å². The number of nitrogens with zero attached hydrogens (tertiary/aromatic N) is 5. The number of fused-ring (bicyclic) bond motifs is 5. The maximum Gasteiger partial charge on any atom is 0.275 e. The summed E-state index contributed by atoms with van der Waals surface area (Å²) in [5.41, 5.74) is 3.08. The van der Waals surface area contributed by atoms with Crippen LogP contribution in [0.2, 0.25) is 0 Å². The van der Waals surface area contributed by atoms with E-state index in [9.17, 15) is 9.18 Å². The second kappa shape index (κ2) is 8.83. The van der Waals surface area contributed by atoms with Gasteiger partial charge in [-0.25, -0.2) is 4.39 Å². The normalized spacial score (nSPS) is 23.9. The van der Waals surface area contributed by atoms with Gasteiger partial charge in [0.2, 0.25) is 0 Å². The van der Waals surface area contributed by atoms with Crippen LogP contribution in [0.15, 0.2) is 35.1 Å². The Morgan fingerprint density at radius 2 is 1.86 bits per heavy atom. The molecule has 36 heavy (non-hydrogen) atoms. The molecule has 0 amide bonds. The summed E-state index contributed by atoms with van der Waals surface area (Å²) in [7, 11) is 0. The molecule has 2 unspecified atom stereocenters. The van der Waals surface area contributed by atoms with Crippen molar-refractivity contribution in [3.8, 4) is 0 Å². The molecule has 2 saturated heterocycles. The summed E-state index contributed by atoms with van der Waals surface area (Å²) in [4.78, 5) is 13.4. The van der Waals surface area contributed by atoms with Crippen LogP contribution < -0.4 is 10.9 Å². The number of halogens is 1. The largest absolute Gasteiger partial charge is 0.312 e. The predicted molar refractivity (Wildman–Crippen MR) is 139 cm³/mol. The molecule has 5 heterocycles. The first-order chi connectivity index (χ1) is 17.3. The Kier molecular flexibility index (Phi) is 5.74. The molecule has 0 saturated carbocycles. The second-order valence-electron chi connectivity index (χ2n) is 11.1. The standard InChI is InChI=1S/C28H35FN6O/c1-16(2)27-32-31-18(4)35(27)22-14-21-12-19(23(15-22)30-21)6-5-11-33-24-10-8-20(29)13-26(24)34-17(3)7-9-25(34)28(33)36/h7-10,13,16,19,21-23,30H,5-6,11-12,14-15H2,1-4H3/t19?,21-,22?,23-/m0/s1. The number of piperidine rings is 1. The van der Waals surface area contributed by atoms with Gasteiger partial charge in [0.25, 0.3) is 5.56 Å². The Labute approximate surface area is 210 Å². The first kappa shape index (κ1) is 23.4. The summed E-state index contributed by atoms with van der Waals surface area (Å²) in [5, 5.41) is 12.7. The van der Waals surface area contributed by atoms with Crippen LogP contribution in [0.25, 0.3) is 16.6 Å². The summed E-state index contributed by atoms with van der Waals surface area (Å²) in [6.07, 6.45) is 5.38. The Hall–Kier alpha value is -3.00. The highest BCUT2D eigenvalue weighted by atomic mass is 19.1. The summed E-state index contributed by atoms with van der Waals surface area (Å²) in [6.45, 7) is 9.03. The third-order valence-corrected chi connectivity index (χ3v) is 8.43. The van der Waals surface area contributed by atoms with Gasteiger partial charge in [0, 0.05) is 36.3 Å². The van der Waals surface area contributed by atoms with Gasteiger partial charge < -0.3 is 18.9 Å². The molecule has 190 valence electrons. The Bertz CT molecular complexity index is 1500. The molecule has 8 heteroatoms. The smallest absolute Gasteiger partial charge is 0.275 e. The van der Waals surface area contributed by atoms with E-state index in [0.29, 0.717) is 42.0 Å². The minimum absolute atomic E-state index is 0.00476. The molecule has 0 spiro atoms. The third-order valence-electron chi connectivity index (χ3n) is 8.43. The van der Waals surface area contributed by atoms with Gasteiger partial charge in [-0.1, -0.05) is 13.8 Å². The first-order valence-electron chi connectivity index (χ1n) is 13.3. The fourth-order valence-electron chi connectivity index (χ4n) is 6.85. The molecule has 1 N–H and O–H groups in total. The van der Waals surface area contributed by atoms with Crippen LogP contribution in [0, 0.1) is 25.6 Å². The van der Waals surface area contributed by atoms with Gasteiger partial charge in [-0.3, -0.25) is 4.79 Å². The molecule has 0 radical (unpaired) electrons. The molecule has 1 aromatic carbocycles. The van der Waals surface area contributed by atoms with Gasteiger partial charge in [0.1, 0.15) is 23.0 Å². The fourth-order valence-corrected chi connectivity index (χ4v) is 6.85. The summed E-state index contributed by atoms with van der Waals surface area (Å²) >= 11 is 0. The molecule has 0 aliphatic carbocycles. The van der Waals surface area contributed by atoms with Crippen molar-refractivity contribution in [1.29, 1.82) is 0 Å². The van der Waals surface area contributed by atoms with Crippen LogP contribution in [-0.4, -0.2) is 35.8 Å². The van der Waals surface area contributed by atoms with E-state index in [-0.39, 0.29) is 11.4 Å². The zero-order valence-electron chi connectivity index (χ0n) is 21.5. The minimum Gasteiger partial charge on any atom is -0.312 e. The Morgan fingerprint density at radius 3 is 2.67 bits per heavy atom. The Balaban J connectivity index is 1.20. The number of hydrogen-bond donors (Lipinski definition) is 1. The van der Waals surface area contributed by atoms with Crippen LogP contribution in [0.4, 0.5) is 4.39 Å². The predicted octanol–water partition coefficient (Wildman–Crippen LogP) is 4.89. The number of aromatic nitrogens is 5. The van der Waals surface area contributed by atoms with Crippen molar-refractivity contribution < 1.29 is 4.39 Å². The van der Waals surface area contributed by atoms with E-state index in [1.165, 1.54) is 18.6 Å². The van der Waals surface area contributed by atoms with Crippen LogP contribution in [0.3, 0.4) is 0 Å². The van der Waals surface area contributed by atoms with Gasteiger partial charge in [-0.05, 0) is 82.2 Å². The van der Waals surface area contributed by atoms with E-state index in [4.69, 9.17) is 0 Å². The van der Waals surface area contributed by atoms with Crippen LogP contribution in [0.5, 0.6) is 0 Å². The summed E-state index contributed by atoms with van der Waals surface area (Å²) < 4.78 is 20.2. The maximum absolute atomic E-state index is 14.1. The molecule has 7 nitrogen and oxygen atoms in total. The van der Waals surface area contributed by atoms with E-state index in [1.807, 2.05) is 28.0 Å². The van der Waals surface area contributed by atoms with Crippen molar-refractivity contribution >= 4 is 16.6 Å². The molecule has 4 aromatic rings. The lowest BCUT2D eigenvalue weighted by molar-refractivity contribution is 0.270. The molecule has 2 aliphatic rings. The molecule has 4 atom stereocenters. The van der Waals surface area contributed by atoms with Crippen molar-refractivity contribution in [2.45, 2.75) is 90.4 Å². The highest BCUT2D eigenvalue weighted by Crippen LogP contribution is 2.40. The van der Waals surface area contributed by atoms with Crippen molar-refractivity contribution in [2.24, 2.45) is 5.92 Å². The number of rotatable bonds is 6. The van der Waals surface area contributed by atoms with E-state index in [1.54, 1.807) is 6.07 Å².